The number of halogens is 3. The number of benzene rings is 1. The van der Waals surface area contributed by atoms with Gasteiger partial charge in [0.15, 0.2) is 11.7 Å². The van der Waals surface area contributed by atoms with Gasteiger partial charge in [-0.1, -0.05) is 43.2 Å². The lowest BCUT2D eigenvalue weighted by Crippen LogP contribution is -2.36. The van der Waals surface area contributed by atoms with Crippen LogP contribution in [0.2, 0.25) is 0 Å². The van der Waals surface area contributed by atoms with Crippen LogP contribution < -0.4 is 10.6 Å². The van der Waals surface area contributed by atoms with Crippen molar-refractivity contribution in [2.75, 3.05) is 5.32 Å². The highest BCUT2D eigenvalue weighted by Crippen LogP contribution is 2.43. The molecular formula is C19H21F3N4O. The van der Waals surface area contributed by atoms with Crippen molar-refractivity contribution in [2.24, 2.45) is 0 Å². The van der Waals surface area contributed by atoms with Crippen molar-refractivity contribution in [3.05, 3.63) is 47.7 Å². The first-order valence-electron chi connectivity index (χ1n) is 9.20. The van der Waals surface area contributed by atoms with E-state index in [1.807, 2.05) is 6.07 Å². The third-order valence-corrected chi connectivity index (χ3v) is 5.31. The fourth-order valence-electron chi connectivity index (χ4n) is 3.92. The van der Waals surface area contributed by atoms with Gasteiger partial charge in [-0.25, -0.2) is 4.68 Å². The number of fused-ring (bicyclic) bond motifs is 1. The Kier molecular flexibility index (Phi) is 4.57. The summed E-state index contributed by atoms with van der Waals surface area (Å²) in [5.41, 5.74) is 0.795. The Labute approximate surface area is 154 Å². The van der Waals surface area contributed by atoms with Gasteiger partial charge >= 0.3 is 6.18 Å². The highest BCUT2D eigenvalue weighted by molar-refractivity contribution is 5.93. The first kappa shape index (κ1) is 17.9. The van der Waals surface area contributed by atoms with Crippen LogP contribution in [0.15, 0.2) is 36.4 Å². The van der Waals surface area contributed by atoms with E-state index in [0.29, 0.717) is 0 Å². The van der Waals surface area contributed by atoms with Crippen LogP contribution in [-0.4, -0.2) is 27.9 Å². The SMILES string of the molecule is O=C(NC1CCCC1)c1cc2n(n1)[C@H](C(F)(F)F)C[C@@H](c1ccccc1)N2. The molecule has 1 aromatic heterocycles. The fraction of sp³-hybridized carbons (Fsp3) is 0.474. The molecule has 4 rings (SSSR count). The number of carbonyl (C=O) groups is 1. The number of rotatable bonds is 3. The second-order valence-electron chi connectivity index (χ2n) is 7.21. The fourth-order valence-corrected chi connectivity index (χ4v) is 3.92. The second-order valence-corrected chi connectivity index (χ2v) is 7.21. The smallest absolute Gasteiger partial charge is 0.363 e. The lowest BCUT2D eigenvalue weighted by atomic mass is 9.97. The van der Waals surface area contributed by atoms with Gasteiger partial charge in [0, 0.05) is 18.5 Å². The molecule has 1 aromatic carbocycles. The van der Waals surface area contributed by atoms with Crippen LogP contribution in [0, 0.1) is 0 Å². The largest absolute Gasteiger partial charge is 0.410 e. The van der Waals surface area contributed by atoms with Crippen LogP contribution in [0.3, 0.4) is 0 Å². The first-order valence-corrected chi connectivity index (χ1v) is 9.20. The van der Waals surface area contributed by atoms with Crippen LogP contribution in [0.5, 0.6) is 0 Å². The van der Waals surface area contributed by atoms with Crippen molar-refractivity contribution in [1.82, 2.24) is 15.1 Å². The molecular weight excluding hydrogens is 357 g/mol. The molecule has 2 heterocycles. The number of aromatic nitrogens is 2. The van der Waals surface area contributed by atoms with Crippen molar-refractivity contribution >= 4 is 11.7 Å². The summed E-state index contributed by atoms with van der Waals surface area (Å²) in [6.45, 7) is 0. The Morgan fingerprint density at radius 1 is 1.19 bits per heavy atom. The predicted molar refractivity (Wildman–Crippen MR) is 94.5 cm³/mol. The Morgan fingerprint density at radius 3 is 2.56 bits per heavy atom. The minimum Gasteiger partial charge on any atom is -0.363 e. The number of hydrogen-bond donors (Lipinski definition) is 2. The van der Waals surface area contributed by atoms with E-state index in [2.05, 4.69) is 15.7 Å². The average molecular weight is 378 g/mol. The Hall–Kier alpha value is -2.51. The molecule has 5 nitrogen and oxygen atoms in total. The molecule has 0 unspecified atom stereocenters. The van der Waals surface area contributed by atoms with Gasteiger partial charge in [0.1, 0.15) is 5.82 Å². The van der Waals surface area contributed by atoms with Crippen LogP contribution in [0.4, 0.5) is 19.0 Å². The summed E-state index contributed by atoms with van der Waals surface area (Å²) in [6.07, 6.45) is -0.708. The van der Waals surface area contributed by atoms with Crippen LogP contribution in [0.25, 0.3) is 0 Å². The molecule has 144 valence electrons. The average Bonchev–Trinajstić information content (AvgIpc) is 3.29. The molecule has 8 heteroatoms. The van der Waals surface area contributed by atoms with Crippen molar-refractivity contribution in [3.63, 3.8) is 0 Å². The molecule has 0 spiro atoms. The molecule has 2 aliphatic rings. The minimum absolute atomic E-state index is 0.0207. The zero-order chi connectivity index (χ0) is 19.0. The highest BCUT2D eigenvalue weighted by atomic mass is 19.4. The molecule has 2 atom stereocenters. The second kappa shape index (κ2) is 6.90. The van der Waals surface area contributed by atoms with Gasteiger partial charge in [-0.3, -0.25) is 4.79 Å². The number of nitrogens with one attached hydrogen (secondary N) is 2. The zero-order valence-corrected chi connectivity index (χ0v) is 14.7. The third kappa shape index (κ3) is 3.65. The van der Waals surface area contributed by atoms with Crippen molar-refractivity contribution in [3.8, 4) is 0 Å². The molecule has 1 aliphatic heterocycles. The molecule has 27 heavy (non-hydrogen) atoms. The summed E-state index contributed by atoms with van der Waals surface area (Å²) < 4.78 is 41.9. The molecule has 1 saturated carbocycles. The molecule has 2 aromatic rings. The van der Waals surface area contributed by atoms with Gasteiger partial charge in [-0.2, -0.15) is 18.3 Å². The summed E-state index contributed by atoms with van der Waals surface area (Å²) in [5, 5.41) is 9.97. The highest BCUT2D eigenvalue weighted by Gasteiger charge is 2.46. The lowest BCUT2D eigenvalue weighted by molar-refractivity contribution is -0.173. The Balaban J connectivity index is 1.62. The number of carbonyl (C=O) groups excluding carboxylic acids is 1. The lowest BCUT2D eigenvalue weighted by Gasteiger charge is -2.33. The van der Waals surface area contributed by atoms with Crippen LogP contribution in [-0.2, 0) is 0 Å². The topological polar surface area (TPSA) is 59.0 Å². The van der Waals surface area contributed by atoms with Crippen LogP contribution >= 0.6 is 0 Å². The summed E-state index contributed by atoms with van der Waals surface area (Å²) >= 11 is 0. The van der Waals surface area contributed by atoms with E-state index in [0.717, 1.165) is 35.9 Å². The van der Waals surface area contributed by atoms with Gasteiger partial charge in [0.2, 0.25) is 0 Å². The quantitative estimate of drug-likeness (QED) is 0.841. The van der Waals surface area contributed by atoms with Crippen molar-refractivity contribution in [1.29, 1.82) is 0 Å². The van der Waals surface area contributed by atoms with Gasteiger partial charge in [-0.05, 0) is 18.4 Å². The summed E-state index contributed by atoms with van der Waals surface area (Å²) in [7, 11) is 0. The maximum absolute atomic E-state index is 13.7. The maximum atomic E-state index is 13.7. The van der Waals surface area contributed by atoms with E-state index in [-0.39, 0.29) is 24.0 Å². The van der Waals surface area contributed by atoms with Gasteiger partial charge in [0.05, 0.1) is 6.04 Å². The molecule has 1 fully saturated rings. The Morgan fingerprint density at radius 2 is 1.89 bits per heavy atom. The number of nitrogens with zero attached hydrogens (tertiary/aromatic N) is 2. The van der Waals surface area contributed by atoms with Crippen molar-refractivity contribution < 1.29 is 18.0 Å². The summed E-state index contributed by atoms with van der Waals surface area (Å²) in [4.78, 5) is 12.4. The third-order valence-electron chi connectivity index (χ3n) is 5.31. The monoisotopic (exact) mass is 378 g/mol. The van der Waals surface area contributed by atoms with Crippen LogP contribution in [0.1, 0.15) is 60.2 Å². The van der Waals surface area contributed by atoms with E-state index in [1.165, 1.54) is 6.07 Å². The minimum atomic E-state index is -4.45. The van der Waals surface area contributed by atoms with E-state index >= 15 is 0 Å². The Bertz CT molecular complexity index is 812. The molecule has 0 bridgehead atoms. The van der Waals surface area contributed by atoms with Gasteiger partial charge < -0.3 is 10.6 Å². The number of amides is 1. The van der Waals surface area contributed by atoms with E-state index in [1.54, 1.807) is 24.3 Å². The molecule has 0 radical (unpaired) electrons. The summed E-state index contributed by atoms with van der Waals surface area (Å²) in [6, 6.07) is 8.24. The first-order chi connectivity index (χ1) is 12.9. The normalized spacial score (nSPS) is 22.9. The number of hydrogen-bond acceptors (Lipinski definition) is 3. The number of alkyl halides is 3. The number of anilines is 1. The molecule has 0 saturated heterocycles. The van der Waals surface area contributed by atoms with E-state index in [9.17, 15) is 18.0 Å². The van der Waals surface area contributed by atoms with Gasteiger partial charge in [-0.15, -0.1) is 0 Å². The molecule has 2 N–H and O–H groups in total. The van der Waals surface area contributed by atoms with E-state index in [4.69, 9.17) is 0 Å². The van der Waals surface area contributed by atoms with Gasteiger partial charge in [0.25, 0.3) is 5.91 Å². The molecule has 1 aliphatic carbocycles. The summed E-state index contributed by atoms with van der Waals surface area (Å²) in [5.74, 6) is -0.197. The maximum Gasteiger partial charge on any atom is 0.410 e. The predicted octanol–water partition coefficient (Wildman–Crippen LogP) is 4.22. The van der Waals surface area contributed by atoms with E-state index < -0.39 is 24.2 Å². The molecule has 1 amide bonds. The zero-order valence-electron chi connectivity index (χ0n) is 14.7. The van der Waals surface area contributed by atoms with Crippen molar-refractivity contribution in [2.45, 2.75) is 56.4 Å². The standard InChI is InChI=1S/C19H21F3N4O/c20-19(21,22)16-10-14(12-6-2-1-3-7-12)24-17-11-15(25-26(16)17)18(27)23-13-8-4-5-9-13/h1-3,6-7,11,13-14,16,24H,4-5,8-10H2,(H,23,27)/t14-,16-/m0/s1.